The lowest BCUT2D eigenvalue weighted by atomic mass is 9.64. The molecule has 3 heteroatoms. The predicted octanol–water partition coefficient (Wildman–Crippen LogP) is 6.09. The van der Waals surface area contributed by atoms with E-state index in [4.69, 9.17) is 0 Å². The Kier molecular flexibility index (Phi) is 4.73. The van der Waals surface area contributed by atoms with Gasteiger partial charge in [-0.15, -0.1) is 0 Å². The second-order valence-corrected chi connectivity index (χ2v) is 8.35. The van der Waals surface area contributed by atoms with Crippen LogP contribution in [0.2, 0.25) is 0 Å². The average Bonchev–Trinajstić information content (AvgIpc) is 2.67. The Bertz CT molecular complexity index is 828. The number of hydrogen-bond acceptors (Lipinski definition) is 2. The molecule has 0 saturated heterocycles. The van der Waals surface area contributed by atoms with Crippen LogP contribution >= 0.6 is 0 Å². The molecule has 0 spiro atoms. The molecule has 2 aliphatic carbocycles. The first kappa shape index (κ1) is 17.5. The van der Waals surface area contributed by atoms with Gasteiger partial charge in [-0.2, -0.15) is 0 Å². The van der Waals surface area contributed by atoms with Gasteiger partial charge in [0.1, 0.15) is 5.82 Å². The number of esters is 1. The van der Waals surface area contributed by atoms with E-state index < -0.39 is 11.8 Å². The molecular formula is C23H27FO2. The third-order valence-electron chi connectivity index (χ3n) is 6.73. The van der Waals surface area contributed by atoms with Gasteiger partial charge in [-0.1, -0.05) is 37.6 Å². The first-order chi connectivity index (χ1) is 12.6. The lowest BCUT2D eigenvalue weighted by Gasteiger charge is -2.41. The maximum atomic E-state index is 14.6. The van der Waals surface area contributed by atoms with Gasteiger partial charge in [-0.3, -0.25) is 0 Å². The molecule has 2 aromatic rings. The summed E-state index contributed by atoms with van der Waals surface area (Å²) in [6, 6.07) is 9.38. The van der Waals surface area contributed by atoms with Crippen LogP contribution in [0.1, 0.15) is 67.3 Å². The van der Waals surface area contributed by atoms with Crippen molar-refractivity contribution in [2.24, 2.45) is 17.8 Å². The number of ether oxygens (including phenoxy) is 1. The Morgan fingerprint density at radius 1 is 1.04 bits per heavy atom. The molecule has 4 atom stereocenters. The van der Waals surface area contributed by atoms with Crippen LogP contribution < -0.4 is 0 Å². The Morgan fingerprint density at radius 3 is 2.62 bits per heavy atom. The number of carbonyl (C=O) groups excluding carboxylic acids is 1. The molecule has 26 heavy (non-hydrogen) atoms. The molecule has 0 heterocycles. The van der Waals surface area contributed by atoms with Crippen molar-refractivity contribution in [1.29, 1.82) is 0 Å². The fraction of sp³-hybridized carbons (Fsp3) is 0.522. The Balaban J connectivity index is 1.59. The summed E-state index contributed by atoms with van der Waals surface area (Å²) in [6.45, 7) is 2.39. The number of rotatable bonds is 2. The highest BCUT2D eigenvalue weighted by molar-refractivity contribution is 5.96. The van der Waals surface area contributed by atoms with Crippen LogP contribution in [0.3, 0.4) is 0 Å². The van der Waals surface area contributed by atoms with Crippen LogP contribution in [0.4, 0.5) is 4.39 Å². The summed E-state index contributed by atoms with van der Waals surface area (Å²) in [7, 11) is 1.28. The van der Waals surface area contributed by atoms with Gasteiger partial charge in [0, 0.05) is 5.39 Å². The van der Waals surface area contributed by atoms with E-state index in [-0.39, 0.29) is 5.56 Å². The van der Waals surface area contributed by atoms with Crippen molar-refractivity contribution in [2.45, 2.75) is 51.4 Å². The second-order valence-electron chi connectivity index (χ2n) is 8.35. The first-order valence-corrected chi connectivity index (χ1v) is 9.87. The van der Waals surface area contributed by atoms with Gasteiger partial charge in [0.05, 0.1) is 12.7 Å². The van der Waals surface area contributed by atoms with Crippen molar-refractivity contribution in [3.8, 4) is 0 Å². The van der Waals surface area contributed by atoms with Crippen LogP contribution in [-0.4, -0.2) is 13.1 Å². The van der Waals surface area contributed by atoms with E-state index in [1.165, 1.54) is 57.3 Å². The molecule has 0 radical (unpaired) electrons. The fourth-order valence-corrected chi connectivity index (χ4v) is 5.26. The zero-order valence-electron chi connectivity index (χ0n) is 15.6. The van der Waals surface area contributed by atoms with E-state index >= 15 is 0 Å². The number of fused-ring (bicyclic) bond motifs is 2. The molecule has 0 amide bonds. The van der Waals surface area contributed by atoms with E-state index in [2.05, 4.69) is 23.8 Å². The number of hydrogen-bond donors (Lipinski definition) is 0. The summed E-state index contributed by atoms with van der Waals surface area (Å²) < 4.78 is 19.3. The fourth-order valence-electron chi connectivity index (χ4n) is 5.26. The van der Waals surface area contributed by atoms with E-state index in [0.29, 0.717) is 11.3 Å². The molecule has 2 fully saturated rings. The summed E-state index contributed by atoms with van der Waals surface area (Å²) in [4.78, 5) is 11.7. The van der Waals surface area contributed by atoms with E-state index in [1.54, 1.807) is 0 Å². The normalized spacial score (nSPS) is 28.6. The summed E-state index contributed by atoms with van der Waals surface area (Å²) in [5, 5.41) is 1.36. The van der Waals surface area contributed by atoms with E-state index in [0.717, 1.165) is 23.1 Å². The maximum Gasteiger partial charge on any atom is 0.340 e. The van der Waals surface area contributed by atoms with E-state index in [1.807, 2.05) is 12.1 Å². The van der Waals surface area contributed by atoms with Gasteiger partial charge in [-0.05, 0) is 72.8 Å². The molecule has 2 unspecified atom stereocenters. The summed E-state index contributed by atoms with van der Waals surface area (Å²) in [5.41, 5.74) is 1.32. The molecule has 2 saturated carbocycles. The molecule has 2 aromatic carbocycles. The largest absolute Gasteiger partial charge is 0.465 e. The molecule has 0 aromatic heterocycles. The molecule has 0 bridgehead atoms. The molecule has 2 nitrogen and oxygen atoms in total. The van der Waals surface area contributed by atoms with Crippen LogP contribution in [0.25, 0.3) is 10.8 Å². The van der Waals surface area contributed by atoms with Crippen LogP contribution in [0.15, 0.2) is 30.3 Å². The standard InChI is InChI=1S/C23H27FO2/c1-14-3-4-16-12-17(6-5-15(16)11-14)18-7-9-20-19(13-18)8-10-21(22(20)24)23(25)26-2/h7-10,13-17H,3-6,11-12H2,1-2H3/t14?,15-,16+,17?/m0/s1. The molecule has 0 aliphatic heterocycles. The number of carbonyl (C=O) groups is 1. The van der Waals surface area contributed by atoms with Crippen molar-refractivity contribution in [3.05, 3.63) is 47.3 Å². The molecule has 138 valence electrons. The van der Waals surface area contributed by atoms with Gasteiger partial charge < -0.3 is 4.74 Å². The lowest BCUT2D eigenvalue weighted by molar-refractivity contribution is 0.0596. The quantitative estimate of drug-likeness (QED) is 0.610. The molecule has 2 aliphatic rings. The molecule has 4 rings (SSSR count). The maximum absolute atomic E-state index is 14.6. The highest BCUT2D eigenvalue weighted by Crippen LogP contribution is 2.47. The zero-order chi connectivity index (χ0) is 18.3. The first-order valence-electron chi connectivity index (χ1n) is 9.87. The summed E-state index contributed by atoms with van der Waals surface area (Å²) in [5.74, 6) is 2.14. The predicted molar refractivity (Wildman–Crippen MR) is 102 cm³/mol. The Hall–Kier alpha value is -1.90. The van der Waals surface area contributed by atoms with Gasteiger partial charge in [-0.25, -0.2) is 9.18 Å². The van der Waals surface area contributed by atoms with Gasteiger partial charge in [0.25, 0.3) is 0 Å². The smallest absolute Gasteiger partial charge is 0.340 e. The molecular weight excluding hydrogens is 327 g/mol. The summed E-state index contributed by atoms with van der Waals surface area (Å²) >= 11 is 0. The van der Waals surface area contributed by atoms with Crippen molar-refractivity contribution in [1.82, 2.24) is 0 Å². The van der Waals surface area contributed by atoms with E-state index in [9.17, 15) is 9.18 Å². The van der Waals surface area contributed by atoms with Crippen molar-refractivity contribution in [3.63, 3.8) is 0 Å². The minimum Gasteiger partial charge on any atom is -0.465 e. The van der Waals surface area contributed by atoms with Gasteiger partial charge >= 0.3 is 5.97 Å². The van der Waals surface area contributed by atoms with Gasteiger partial charge in [0.15, 0.2) is 0 Å². The number of methoxy groups -OCH3 is 1. The third-order valence-corrected chi connectivity index (χ3v) is 6.73. The van der Waals surface area contributed by atoms with Crippen molar-refractivity contribution in [2.75, 3.05) is 7.11 Å². The monoisotopic (exact) mass is 354 g/mol. The van der Waals surface area contributed by atoms with Gasteiger partial charge in [0.2, 0.25) is 0 Å². The minimum absolute atomic E-state index is 0.00424. The Morgan fingerprint density at radius 2 is 1.81 bits per heavy atom. The van der Waals surface area contributed by atoms with Crippen LogP contribution in [-0.2, 0) is 4.74 Å². The minimum atomic E-state index is -0.627. The van der Waals surface area contributed by atoms with Crippen LogP contribution in [0.5, 0.6) is 0 Å². The summed E-state index contributed by atoms with van der Waals surface area (Å²) in [6.07, 6.45) is 7.97. The number of benzene rings is 2. The third kappa shape index (κ3) is 3.13. The van der Waals surface area contributed by atoms with Crippen LogP contribution in [0, 0.1) is 23.6 Å². The SMILES string of the molecule is COC(=O)c1ccc2cc(C3CC[C@H]4CC(C)CC[C@@H]4C3)ccc2c1F. The number of halogens is 1. The topological polar surface area (TPSA) is 26.3 Å². The second kappa shape index (κ2) is 7.02. The average molecular weight is 354 g/mol. The Labute approximate surface area is 154 Å². The zero-order valence-corrected chi connectivity index (χ0v) is 15.6. The molecule has 0 N–H and O–H groups in total. The van der Waals surface area contributed by atoms with Crippen molar-refractivity contribution < 1.29 is 13.9 Å². The lowest BCUT2D eigenvalue weighted by Crippen LogP contribution is -2.29. The highest BCUT2D eigenvalue weighted by Gasteiger charge is 2.34. The van der Waals surface area contributed by atoms with Crippen molar-refractivity contribution >= 4 is 16.7 Å². The highest BCUT2D eigenvalue weighted by atomic mass is 19.1.